The van der Waals surface area contributed by atoms with E-state index in [0.29, 0.717) is 0 Å². The van der Waals surface area contributed by atoms with E-state index >= 15 is 0 Å². The molecule has 0 saturated heterocycles. The molecule has 0 unspecified atom stereocenters. The molecule has 0 bridgehead atoms. The summed E-state index contributed by atoms with van der Waals surface area (Å²) in [5.74, 6) is 1.05. The minimum absolute atomic E-state index is 0.738. The number of unbranched alkanes of at least 4 members (excludes halogenated alkanes) is 3. The quantitative estimate of drug-likeness (QED) is 0.520. The van der Waals surface area contributed by atoms with E-state index in [-0.39, 0.29) is 0 Å². The fourth-order valence-corrected chi connectivity index (χ4v) is 3.76. The van der Waals surface area contributed by atoms with Crippen molar-refractivity contribution in [3.8, 4) is 5.75 Å². The van der Waals surface area contributed by atoms with Crippen LogP contribution in [0.4, 0.5) is 0 Å². The van der Waals surface area contributed by atoms with Crippen LogP contribution in [0.25, 0.3) is 0 Å². The Kier molecular flexibility index (Phi) is 7.37. The molecule has 0 saturated carbocycles. The van der Waals surface area contributed by atoms with E-state index in [1.807, 2.05) is 6.07 Å². The van der Waals surface area contributed by atoms with E-state index in [2.05, 4.69) is 25.1 Å². The van der Waals surface area contributed by atoms with Crippen LogP contribution in [0.3, 0.4) is 0 Å². The molecule has 1 aromatic carbocycles. The van der Waals surface area contributed by atoms with Crippen LogP contribution < -0.4 is 4.74 Å². The number of methoxy groups -OCH3 is 1. The summed E-state index contributed by atoms with van der Waals surface area (Å²) in [4.78, 5) is 0. The Morgan fingerprint density at radius 3 is 2.69 bits per heavy atom. The van der Waals surface area contributed by atoms with Gasteiger partial charge in [0, 0.05) is 0 Å². The van der Waals surface area contributed by atoms with Gasteiger partial charge in [0.15, 0.2) is 0 Å². The SMILES string of the molecule is CCCCCC[Se]Cc1ccccc1OC. The van der Waals surface area contributed by atoms with Gasteiger partial charge in [-0.05, 0) is 0 Å². The molecule has 90 valence electrons. The first-order valence-electron chi connectivity index (χ1n) is 6.08. The Morgan fingerprint density at radius 1 is 1.12 bits per heavy atom. The molecule has 0 atom stereocenters. The van der Waals surface area contributed by atoms with Gasteiger partial charge in [0.1, 0.15) is 0 Å². The van der Waals surface area contributed by atoms with Gasteiger partial charge >= 0.3 is 106 Å². The van der Waals surface area contributed by atoms with Crippen LogP contribution in [-0.2, 0) is 5.32 Å². The Morgan fingerprint density at radius 2 is 1.94 bits per heavy atom. The third-order valence-electron chi connectivity index (χ3n) is 2.59. The monoisotopic (exact) mass is 286 g/mol. The summed E-state index contributed by atoms with van der Waals surface area (Å²) >= 11 is 0.738. The molecule has 1 aromatic rings. The number of rotatable bonds is 8. The Hall–Kier alpha value is -0.461. The van der Waals surface area contributed by atoms with Crippen molar-refractivity contribution in [2.45, 2.75) is 43.2 Å². The maximum atomic E-state index is 5.35. The molecule has 1 rings (SSSR count). The first-order chi connectivity index (χ1) is 7.88. The summed E-state index contributed by atoms with van der Waals surface area (Å²) in [6, 6.07) is 8.39. The maximum absolute atomic E-state index is 5.35. The van der Waals surface area contributed by atoms with Gasteiger partial charge in [0.25, 0.3) is 0 Å². The van der Waals surface area contributed by atoms with Crippen molar-refractivity contribution in [3.05, 3.63) is 29.8 Å². The first kappa shape index (κ1) is 13.6. The molecule has 0 fully saturated rings. The molecular weight excluding hydrogens is 263 g/mol. The zero-order valence-electron chi connectivity index (χ0n) is 10.4. The second-order valence-corrected chi connectivity index (χ2v) is 6.24. The number of hydrogen-bond donors (Lipinski definition) is 0. The van der Waals surface area contributed by atoms with Crippen molar-refractivity contribution >= 4 is 15.0 Å². The van der Waals surface area contributed by atoms with Crippen molar-refractivity contribution in [1.82, 2.24) is 0 Å². The van der Waals surface area contributed by atoms with Crippen LogP contribution in [0, 0.1) is 0 Å². The van der Waals surface area contributed by atoms with Crippen molar-refractivity contribution in [2.24, 2.45) is 0 Å². The fraction of sp³-hybridized carbons (Fsp3) is 0.571. The zero-order valence-corrected chi connectivity index (χ0v) is 12.1. The molecular formula is C14H22OSe. The number of ether oxygens (including phenoxy) is 1. The van der Waals surface area contributed by atoms with Crippen LogP contribution in [0.2, 0.25) is 5.32 Å². The van der Waals surface area contributed by atoms with E-state index in [0.717, 1.165) is 20.7 Å². The first-order valence-corrected chi connectivity index (χ1v) is 8.50. The Bertz CT molecular complexity index is 286. The van der Waals surface area contributed by atoms with Gasteiger partial charge < -0.3 is 0 Å². The second kappa shape index (κ2) is 8.66. The third-order valence-corrected chi connectivity index (χ3v) is 4.88. The van der Waals surface area contributed by atoms with Gasteiger partial charge in [-0.1, -0.05) is 0 Å². The molecule has 0 N–H and O–H groups in total. The molecule has 0 heterocycles. The van der Waals surface area contributed by atoms with Crippen molar-refractivity contribution in [1.29, 1.82) is 0 Å². The van der Waals surface area contributed by atoms with E-state index < -0.39 is 0 Å². The third kappa shape index (κ3) is 5.05. The molecule has 0 aliphatic rings. The Labute approximate surface area is 106 Å². The van der Waals surface area contributed by atoms with Crippen molar-refractivity contribution in [3.63, 3.8) is 0 Å². The van der Waals surface area contributed by atoms with Gasteiger partial charge in [0.05, 0.1) is 0 Å². The summed E-state index contributed by atoms with van der Waals surface area (Å²) in [6.45, 7) is 2.26. The molecule has 2 heteroatoms. The predicted molar refractivity (Wildman–Crippen MR) is 71.4 cm³/mol. The topological polar surface area (TPSA) is 9.23 Å². The van der Waals surface area contributed by atoms with Crippen LogP contribution in [0.15, 0.2) is 24.3 Å². The molecule has 16 heavy (non-hydrogen) atoms. The van der Waals surface area contributed by atoms with Crippen LogP contribution in [0.1, 0.15) is 38.2 Å². The molecule has 0 radical (unpaired) electrons. The Balaban J connectivity index is 2.21. The van der Waals surface area contributed by atoms with Gasteiger partial charge in [-0.3, -0.25) is 0 Å². The molecule has 0 aliphatic carbocycles. The van der Waals surface area contributed by atoms with Gasteiger partial charge in [-0.15, -0.1) is 0 Å². The number of para-hydroxylation sites is 1. The van der Waals surface area contributed by atoms with E-state index in [1.165, 1.54) is 41.9 Å². The molecule has 0 spiro atoms. The molecule has 0 aliphatic heterocycles. The summed E-state index contributed by atoms with van der Waals surface area (Å²) in [5, 5.41) is 2.62. The van der Waals surface area contributed by atoms with Crippen molar-refractivity contribution < 1.29 is 4.74 Å². The average molecular weight is 285 g/mol. The fourth-order valence-electron chi connectivity index (χ4n) is 1.64. The van der Waals surface area contributed by atoms with Gasteiger partial charge in [0.2, 0.25) is 0 Å². The van der Waals surface area contributed by atoms with Gasteiger partial charge in [-0.25, -0.2) is 0 Å². The molecule has 0 amide bonds. The average Bonchev–Trinajstić information content (AvgIpc) is 2.34. The van der Waals surface area contributed by atoms with Crippen molar-refractivity contribution in [2.75, 3.05) is 7.11 Å². The predicted octanol–water partition coefficient (Wildman–Crippen LogP) is 3.90. The molecule has 1 nitrogen and oxygen atoms in total. The van der Waals surface area contributed by atoms with Crippen LogP contribution in [0.5, 0.6) is 5.75 Å². The van der Waals surface area contributed by atoms with Crippen LogP contribution in [-0.4, -0.2) is 22.1 Å². The summed E-state index contributed by atoms with van der Waals surface area (Å²) in [5.41, 5.74) is 1.38. The number of hydrogen-bond acceptors (Lipinski definition) is 1. The zero-order chi connectivity index (χ0) is 11.6. The summed E-state index contributed by atoms with van der Waals surface area (Å²) in [7, 11) is 1.76. The second-order valence-electron chi connectivity index (χ2n) is 3.93. The van der Waals surface area contributed by atoms with Gasteiger partial charge in [-0.2, -0.15) is 0 Å². The van der Waals surface area contributed by atoms with E-state index in [1.54, 1.807) is 7.11 Å². The van der Waals surface area contributed by atoms with E-state index in [9.17, 15) is 0 Å². The van der Waals surface area contributed by atoms with E-state index in [4.69, 9.17) is 4.74 Å². The normalized spacial score (nSPS) is 10.4. The summed E-state index contributed by atoms with van der Waals surface area (Å²) in [6.07, 6.45) is 5.54. The van der Waals surface area contributed by atoms with Crippen LogP contribution >= 0.6 is 0 Å². The standard InChI is InChI=1S/C14H22OSe/c1-3-4-5-8-11-16-12-13-9-6-7-10-14(13)15-2/h6-7,9-10H,3-5,8,11-12H2,1-2H3. The number of benzene rings is 1. The summed E-state index contributed by atoms with van der Waals surface area (Å²) < 4.78 is 5.35. The molecule has 0 aromatic heterocycles. The minimum atomic E-state index is 0.738.